The Kier molecular flexibility index (Phi) is 4.41. The summed E-state index contributed by atoms with van der Waals surface area (Å²) in [6.45, 7) is 1.69. The van der Waals surface area contributed by atoms with Gasteiger partial charge in [-0.25, -0.2) is 4.98 Å². The molecule has 0 fully saturated rings. The highest BCUT2D eigenvalue weighted by atomic mass is 79.9. The monoisotopic (exact) mass is 275 g/mol. The van der Waals surface area contributed by atoms with Crippen molar-refractivity contribution in [2.75, 3.05) is 5.75 Å². The summed E-state index contributed by atoms with van der Waals surface area (Å²) < 4.78 is 0.905. The maximum absolute atomic E-state index is 10.6. The van der Waals surface area contributed by atoms with Gasteiger partial charge in [0.1, 0.15) is 5.03 Å². The van der Waals surface area contributed by atoms with E-state index in [4.69, 9.17) is 5.11 Å². The number of thioether (sulfide) groups is 1. The van der Waals surface area contributed by atoms with Crippen LogP contribution in [-0.4, -0.2) is 21.8 Å². The van der Waals surface area contributed by atoms with Gasteiger partial charge in [-0.15, -0.1) is 11.8 Å². The second-order valence-electron chi connectivity index (χ2n) is 2.84. The number of nitrogens with zero attached hydrogens (tertiary/aromatic N) is 1. The second kappa shape index (κ2) is 5.36. The van der Waals surface area contributed by atoms with Gasteiger partial charge in [0.05, 0.1) is 5.92 Å². The summed E-state index contributed by atoms with van der Waals surface area (Å²) in [5.74, 6) is -0.594. The minimum Gasteiger partial charge on any atom is -0.481 e. The molecular weight excluding hydrogens is 266 g/mol. The molecular formula is C9H10BrNO2S. The fourth-order valence-electron chi connectivity index (χ4n) is 0.753. The number of carboxylic acid groups (broad SMARTS) is 1. The highest BCUT2D eigenvalue weighted by Gasteiger charge is 2.12. The molecule has 0 aliphatic rings. The third-order valence-electron chi connectivity index (χ3n) is 1.62. The number of carboxylic acids is 1. The van der Waals surface area contributed by atoms with E-state index in [0.29, 0.717) is 5.75 Å². The van der Waals surface area contributed by atoms with E-state index < -0.39 is 5.97 Å². The highest BCUT2D eigenvalue weighted by Crippen LogP contribution is 2.26. The molecule has 1 atom stereocenters. The molecule has 1 heterocycles. The van der Waals surface area contributed by atoms with Crippen LogP contribution in [0, 0.1) is 5.92 Å². The maximum atomic E-state index is 10.6. The van der Waals surface area contributed by atoms with Gasteiger partial charge < -0.3 is 5.11 Å². The first kappa shape index (κ1) is 11.5. The number of aromatic nitrogens is 1. The molecule has 1 rings (SSSR count). The highest BCUT2D eigenvalue weighted by molar-refractivity contribution is 9.10. The number of halogens is 1. The van der Waals surface area contributed by atoms with Crippen LogP contribution < -0.4 is 0 Å². The van der Waals surface area contributed by atoms with Gasteiger partial charge in [0.15, 0.2) is 0 Å². The van der Waals surface area contributed by atoms with E-state index >= 15 is 0 Å². The molecule has 0 spiro atoms. The maximum Gasteiger partial charge on any atom is 0.307 e. The SMILES string of the molecule is CC(CSc1ncccc1Br)C(=O)O. The van der Waals surface area contributed by atoms with Crippen molar-refractivity contribution in [3.63, 3.8) is 0 Å². The summed E-state index contributed by atoms with van der Waals surface area (Å²) >= 11 is 4.80. The smallest absolute Gasteiger partial charge is 0.307 e. The van der Waals surface area contributed by atoms with Gasteiger partial charge in [0.25, 0.3) is 0 Å². The number of pyridine rings is 1. The molecule has 0 saturated carbocycles. The third-order valence-corrected chi connectivity index (χ3v) is 3.78. The average molecular weight is 276 g/mol. The lowest BCUT2D eigenvalue weighted by Crippen LogP contribution is -2.11. The topological polar surface area (TPSA) is 50.2 Å². The Morgan fingerprint density at radius 1 is 1.79 bits per heavy atom. The summed E-state index contributed by atoms with van der Waals surface area (Å²) in [6.07, 6.45) is 1.69. The predicted octanol–water partition coefficient (Wildman–Crippen LogP) is 2.66. The molecule has 14 heavy (non-hydrogen) atoms. The third kappa shape index (κ3) is 3.31. The minimum atomic E-state index is -0.774. The first-order valence-electron chi connectivity index (χ1n) is 4.07. The molecule has 0 amide bonds. The number of hydrogen-bond donors (Lipinski definition) is 1. The van der Waals surface area contributed by atoms with E-state index in [1.54, 1.807) is 13.1 Å². The van der Waals surface area contributed by atoms with Crippen LogP contribution in [0.25, 0.3) is 0 Å². The second-order valence-corrected chi connectivity index (χ2v) is 4.70. The van der Waals surface area contributed by atoms with Crippen molar-refractivity contribution < 1.29 is 9.90 Å². The number of carbonyl (C=O) groups is 1. The van der Waals surface area contributed by atoms with E-state index in [2.05, 4.69) is 20.9 Å². The van der Waals surface area contributed by atoms with E-state index in [1.807, 2.05) is 12.1 Å². The molecule has 1 unspecified atom stereocenters. The molecule has 0 aliphatic carbocycles. The Labute approximate surface area is 95.1 Å². The van der Waals surface area contributed by atoms with Crippen LogP contribution in [0.1, 0.15) is 6.92 Å². The van der Waals surface area contributed by atoms with Crippen LogP contribution in [0.3, 0.4) is 0 Å². The average Bonchev–Trinajstić information content (AvgIpc) is 2.16. The summed E-state index contributed by atoms with van der Waals surface area (Å²) in [5, 5.41) is 9.52. The fraction of sp³-hybridized carbons (Fsp3) is 0.333. The number of rotatable bonds is 4. The van der Waals surface area contributed by atoms with Crippen molar-refractivity contribution >= 4 is 33.7 Å². The van der Waals surface area contributed by atoms with E-state index in [1.165, 1.54) is 11.8 Å². The Morgan fingerprint density at radius 3 is 3.07 bits per heavy atom. The van der Waals surface area contributed by atoms with Gasteiger partial charge >= 0.3 is 5.97 Å². The molecule has 0 aliphatic heterocycles. The molecule has 0 radical (unpaired) electrons. The van der Waals surface area contributed by atoms with Crippen molar-refractivity contribution in [1.29, 1.82) is 0 Å². The van der Waals surface area contributed by atoms with Gasteiger partial charge in [-0.05, 0) is 28.1 Å². The van der Waals surface area contributed by atoms with Crippen molar-refractivity contribution in [1.82, 2.24) is 4.98 Å². The lowest BCUT2D eigenvalue weighted by atomic mass is 10.2. The summed E-state index contributed by atoms with van der Waals surface area (Å²) in [5.41, 5.74) is 0. The molecule has 5 heteroatoms. The normalized spacial score (nSPS) is 12.4. The molecule has 1 aromatic rings. The van der Waals surface area contributed by atoms with Gasteiger partial charge in [-0.1, -0.05) is 6.92 Å². The van der Waals surface area contributed by atoms with Gasteiger partial charge in [0, 0.05) is 16.4 Å². The zero-order valence-corrected chi connectivity index (χ0v) is 10.0. The quantitative estimate of drug-likeness (QED) is 0.859. The predicted molar refractivity (Wildman–Crippen MR) is 59.5 cm³/mol. The van der Waals surface area contributed by atoms with Crippen LogP contribution in [0.5, 0.6) is 0 Å². The molecule has 1 N–H and O–H groups in total. The van der Waals surface area contributed by atoms with Crippen molar-refractivity contribution in [3.8, 4) is 0 Å². The van der Waals surface area contributed by atoms with Crippen molar-refractivity contribution in [3.05, 3.63) is 22.8 Å². The van der Waals surface area contributed by atoms with Crippen LogP contribution in [0.4, 0.5) is 0 Å². The minimum absolute atomic E-state index is 0.353. The summed E-state index contributed by atoms with van der Waals surface area (Å²) in [6, 6.07) is 3.72. The Hall–Kier alpha value is -0.550. The molecule has 76 valence electrons. The molecule has 3 nitrogen and oxygen atoms in total. The summed E-state index contributed by atoms with van der Waals surface area (Å²) in [4.78, 5) is 14.7. The van der Waals surface area contributed by atoms with Crippen molar-refractivity contribution in [2.45, 2.75) is 11.9 Å². The molecule has 1 aromatic heterocycles. The standard InChI is InChI=1S/C9H10BrNO2S/c1-6(9(12)13)5-14-8-7(10)3-2-4-11-8/h2-4,6H,5H2,1H3,(H,12,13). The van der Waals surface area contributed by atoms with Crippen LogP contribution in [-0.2, 0) is 4.79 Å². The molecule has 0 bridgehead atoms. The van der Waals surface area contributed by atoms with E-state index in [9.17, 15) is 4.79 Å². The van der Waals surface area contributed by atoms with Gasteiger partial charge in [-0.3, -0.25) is 4.79 Å². The first-order chi connectivity index (χ1) is 6.61. The molecule has 0 aromatic carbocycles. The zero-order chi connectivity index (χ0) is 10.6. The van der Waals surface area contributed by atoms with E-state index in [-0.39, 0.29) is 5.92 Å². The van der Waals surface area contributed by atoms with Crippen LogP contribution in [0.2, 0.25) is 0 Å². The zero-order valence-electron chi connectivity index (χ0n) is 7.61. The van der Waals surface area contributed by atoms with Gasteiger partial charge in [-0.2, -0.15) is 0 Å². The Bertz CT molecular complexity index is 332. The van der Waals surface area contributed by atoms with Crippen LogP contribution >= 0.6 is 27.7 Å². The van der Waals surface area contributed by atoms with Crippen LogP contribution in [0.15, 0.2) is 27.8 Å². The van der Waals surface area contributed by atoms with E-state index in [0.717, 1.165) is 9.50 Å². The largest absolute Gasteiger partial charge is 0.481 e. The Balaban J connectivity index is 2.54. The first-order valence-corrected chi connectivity index (χ1v) is 5.85. The lowest BCUT2D eigenvalue weighted by molar-refractivity contribution is -0.140. The Morgan fingerprint density at radius 2 is 2.50 bits per heavy atom. The molecule has 0 saturated heterocycles. The van der Waals surface area contributed by atoms with Gasteiger partial charge in [0.2, 0.25) is 0 Å². The summed E-state index contributed by atoms with van der Waals surface area (Å²) in [7, 11) is 0. The lowest BCUT2D eigenvalue weighted by Gasteiger charge is -2.05. The van der Waals surface area contributed by atoms with Crippen molar-refractivity contribution in [2.24, 2.45) is 5.92 Å². The fourth-order valence-corrected chi connectivity index (χ4v) is 2.24. The number of hydrogen-bond acceptors (Lipinski definition) is 3. The number of aliphatic carboxylic acids is 1.